The number of quaternary nitrogens is 1. The maximum absolute atomic E-state index is 12.7. The SMILES string of the molecule is O=C(CN1C(=O)c2ccccc2C1=O)N1CC[NH+](CC=Cc2ccccc2)CC1. The number of hydrogen-bond acceptors (Lipinski definition) is 3. The zero-order chi connectivity index (χ0) is 20.2. The summed E-state index contributed by atoms with van der Waals surface area (Å²) in [6.07, 6.45) is 4.29. The molecule has 2 aromatic rings. The van der Waals surface area contributed by atoms with Gasteiger partial charge in [-0.2, -0.15) is 0 Å². The largest absolute Gasteiger partial charge is 0.330 e. The lowest BCUT2D eigenvalue weighted by Gasteiger charge is -2.32. The van der Waals surface area contributed by atoms with Gasteiger partial charge in [0.1, 0.15) is 6.54 Å². The normalized spacial score (nSPS) is 17.2. The predicted octanol–water partition coefficient (Wildman–Crippen LogP) is 0.723. The van der Waals surface area contributed by atoms with Crippen LogP contribution >= 0.6 is 0 Å². The lowest BCUT2D eigenvalue weighted by atomic mass is 10.1. The molecule has 0 aliphatic carbocycles. The summed E-state index contributed by atoms with van der Waals surface area (Å²) < 4.78 is 0. The summed E-state index contributed by atoms with van der Waals surface area (Å²) in [6, 6.07) is 16.9. The quantitative estimate of drug-likeness (QED) is 0.766. The van der Waals surface area contributed by atoms with Crippen molar-refractivity contribution < 1.29 is 19.3 Å². The molecule has 0 saturated carbocycles. The van der Waals surface area contributed by atoms with Crippen molar-refractivity contribution >= 4 is 23.8 Å². The first-order chi connectivity index (χ1) is 14.1. The highest BCUT2D eigenvalue weighted by Crippen LogP contribution is 2.22. The Morgan fingerprint density at radius 3 is 2.10 bits per heavy atom. The molecule has 29 heavy (non-hydrogen) atoms. The third kappa shape index (κ3) is 4.12. The Labute approximate surface area is 170 Å². The van der Waals surface area contributed by atoms with E-state index in [4.69, 9.17) is 0 Å². The van der Waals surface area contributed by atoms with Crippen molar-refractivity contribution in [1.82, 2.24) is 9.80 Å². The van der Waals surface area contributed by atoms with Crippen LogP contribution in [0.15, 0.2) is 60.7 Å². The summed E-state index contributed by atoms with van der Waals surface area (Å²) in [5.74, 6) is -0.929. The van der Waals surface area contributed by atoms with Crippen LogP contribution in [0, 0.1) is 0 Å². The van der Waals surface area contributed by atoms with Crippen molar-refractivity contribution in [3.05, 3.63) is 77.4 Å². The van der Waals surface area contributed by atoms with E-state index in [1.807, 2.05) is 18.2 Å². The highest BCUT2D eigenvalue weighted by atomic mass is 16.2. The molecule has 6 heteroatoms. The van der Waals surface area contributed by atoms with Crippen molar-refractivity contribution in [3.63, 3.8) is 0 Å². The van der Waals surface area contributed by atoms with E-state index in [9.17, 15) is 14.4 Å². The molecule has 0 atom stereocenters. The van der Waals surface area contributed by atoms with Crippen molar-refractivity contribution in [2.45, 2.75) is 0 Å². The first-order valence-electron chi connectivity index (χ1n) is 9.91. The fourth-order valence-electron chi connectivity index (χ4n) is 3.82. The van der Waals surface area contributed by atoms with Crippen molar-refractivity contribution in [3.8, 4) is 0 Å². The molecule has 3 amide bonds. The second-order valence-corrected chi connectivity index (χ2v) is 7.39. The number of nitrogens with one attached hydrogen (secondary N) is 1. The van der Waals surface area contributed by atoms with Crippen molar-refractivity contribution in [1.29, 1.82) is 0 Å². The summed E-state index contributed by atoms with van der Waals surface area (Å²) in [5.41, 5.74) is 1.94. The highest BCUT2D eigenvalue weighted by Gasteiger charge is 2.37. The van der Waals surface area contributed by atoms with Gasteiger partial charge < -0.3 is 9.80 Å². The van der Waals surface area contributed by atoms with Gasteiger partial charge in [0, 0.05) is 0 Å². The molecule has 0 unspecified atom stereocenters. The average molecular weight is 390 g/mol. The van der Waals surface area contributed by atoms with Crippen molar-refractivity contribution in [2.75, 3.05) is 39.3 Å². The Kier molecular flexibility index (Phi) is 5.53. The number of carbonyl (C=O) groups excluding carboxylic acids is 3. The number of piperazine rings is 1. The van der Waals surface area contributed by atoms with Gasteiger partial charge >= 0.3 is 0 Å². The molecule has 0 aromatic heterocycles. The van der Waals surface area contributed by atoms with E-state index < -0.39 is 0 Å². The molecule has 1 saturated heterocycles. The van der Waals surface area contributed by atoms with Crippen LogP contribution in [0.5, 0.6) is 0 Å². The number of imide groups is 1. The summed E-state index contributed by atoms with van der Waals surface area (Å²) >= 11 is 0. The Balaban J connectivity index is 1.27. The van der Waals surface area contributed by atoms with E-state index >= 15 is 0 Å². The van der Waals surface area contributed by atoms with Gasteiger partial charge in [0.2, 0.25) is 5.91 Å². The topological polar surface area (TPSA) is 62.1 Å². The Morgan fingerprint density at radius 1 is 0.897 bits per heavy atom. The molecule has 1 fully saturated rings. The van der Waals surface area contributed by atoms with E-state index in [2.05, 4.69) is 24.3 Å². The van der Waals surface area contributed by atoms with Gasteiger partial charge in [-0.3, -0.25) is 19.3 Å². The predicted molar refractivity (Wildman–Crippen MR) is 109 cm³/mol. The summed E-state index contributed by atoms with van der Waals surface area (Å²) in [7, 11) is 0. The van der Waals surface area contributed by atoms with Gasteiger partial charge in [0.25, 0.3) is 11.8 Å². The van der Waals surface area contributed by atoms with E-state index in [-0.39, 0.29) is 24.3 Å². The van der Waals surface area contributed by atoms with Gasteiger partial charge in [0.05, 0.1) is 43.9 Å². The number of hydrogen-bond donors (Lipinski definition) is 1. The molecule has 2 aliphatic rings. The zero-order valence-electron chi connectivity index (χ0n) is 16.2. The monoisotopic (exact) mass is 390 g/mol. The Hall–Kier alpha value is -3.25. The lowest BCUT2D eigenvalue weighted by Crippen LogP contribution is -3.14. The van der Waals surface area contributed by atoms with Crippen LogP contribution in [0.25, 0.3) is 6.08 Å². The summed E-state index contributed by atoms with van der Waals surface area (Å²) in [4.78, 5) is 41.8. The summed E-state index contributed by atoms with van der Waals surface area (Å²) in [5, 5.41) is 0. The molecule has 0 spiro atoms. The molecule has 2 aromatic carbocycles. The van der Waals surface area contributed by atoms with E-state index in [1.54, 1.807) is 29.2 Å². The first kappa shape index (κ1) is 19.1. The number of nitrogens with zero attached hydrogens (tertiary/aromatic N) is 2. The molecule has 2 heterocycles. The molecule has 1 N–H and O–H groups in total. The molecular formula is C23H24N3O3+. The molecule has 4 rings (SSSR count). The first-order valence-corrected chi connectivity index (χ1v) is 9.91. The van der Waals surface area contributed by atoms with Gasteiger partial charge in [-0.05, 0) is 23.8 Å². The molecule has 6 nitrogen and oxygen atoms in total. The van der Waals surface area contributed by atoms with Crippen LogP contribution in [0.3, 0.4) is 0 Å². The maximum Gasteiger partial charge on any atom is 0.262 e. The van der Waals surface area contributed by atoms with Crippen LogP contribution < -0.4 is 4.90 Å². The number of fused-ring (bicyclic) bond motifs is 1. The minimum Gasteiger partial charge on any atom is -0.330 e. The minimum absolute atomic E-state index is 0.168. The zero-order valence-corrected chi connectivity index (χ0v) is 16.2. The van der Waals surface area contributed by atoms with E-state index in [0.29, 0.717) is 24.2 Å². The van der Waals surface area contributed by atoms with Crippen LogP contribution in [-0.2, 0) is 4.79 Å². The van der Waals surface area contributed by atoms with Gasteiger partial charge in [-0.25, -0.2) is 0 Å². The van der Waals surface area contributed by atoms with Gasteiger partial charge in [0.15, 0.2) is 0 Å². The number of carbonyl (C=O) groups is 3. The number of benzene rings is 2. The average Bonchev–Trinajstić information content (AvgIpc) is 3.00. The van der Waals surface area contributed by atoms with Gasteiger partial charge in [-0.15, -0.1) is 0 Å². The fraction of sp³-hybridized carbons (Fsp3) is 0.261. The second-order valence-electron chi connectivity index (χ2n) is 7.39. The van der Waals surface area contributed by atoms with Gasteiger partial charge in [-0.1, -0.05) is 48.5 Å². The third-order valence-electron chi connectivity index (χ3n) is 5.51. The molecule has 2 aliphatic heterocycles. The minimum atomic E-state index is -0.380. The van der Waals surface area contributed by atoms with Crippen LogP contribution in [0.4, 0.5) is 0 Å². The maximum atomic E-state index is 12.7. The van der Waals surface area contributed by atoms with Crippen LogP contribution in [-0.4, -0.2) is 66.8 Å². The molecule has 148 valence electrons. The fourth-order valence-corrected chi connectivity index (χ4v) is 3.82. The molecule has 0 radical (unpaired) electrons. The highest BCUT2D eigenvalue weighted by molar-refractivity contribution is 6.22. The second kappa shape index (κ2) is 8.41. The standard InChI is InChI=1S/C23H23N3O3/c27-21(17-26-22(28)19-10-4-5-11-20(19)23(26)29)25-15-13-24(14-16-25)12-6-9-18-7-2-1-3-8-18/h1-11H,12-17H2/p+1. The lowest BCUT2D eigenvalue weighted by molar-refractivity contribution is -0.898. The van der Waals surface area contributed by atoms with E-state index in [0.717, 1.165) is 24.5 Å². The molecular weight excluding hydrogens is 366 g/mol. The Morgan fingerprint density at radius 2 is 1.48 bits per heavy atom. The van der Waals surface area contributed by atoms with Crippen molar-refractivity contribution in [2.24, 2.45) is 0 Å². The smallest absolute Gasteiger partial charge is 0.262 e. The third-order valence-corrected chi connectivity index (χ3v) is 5.51. The number of rotatable bonds is 5. The van der Waals surface area contributed by atoms with E-state index in [1.165, 1.54) is 10.5 Å². The summed E-state index contributed by atoms with van der Waals surface area (Å²) in [6.45, 7) is 3.71. The number of amides is 3. The van der Waals surface area contributed by atoms with Crippen LogP contribution in [0.1, 0.15) is 26.3 Å². The van der Waals surface area contributed by atoms with Crippen LogP contribution in [0.2, 0.25) is 0 Å². The Bertz CT molecular complexity index is 912. The molecule has 0 bridgehead atoms.